The molecule has 146 valence electrons. The van der Waals surface area contributed by atoms with Gasteiger partial charge in [0.2, 0.25) is 0 Å². The molecule has 0 N–H and O–H groups in total. The van der Waals surface area contributed by atoms with Crippen LogP contribution in [0, 0.1) is 0 Å². The monoisotopic (exact) mass is 421 g/mol. The van der Waals surface area contributed by atoms with Gasteiger partial charge in [-0.25, -0.2) is 9.67 Å². The Morgan fingerprint density at radius 3 is 2.45 bits per heavy atom. The Bertz CT molecular complexity index is 1080. The van der Waals surface area contributed by atoms with Crippen molar-refractivity contribution < 1.29 is 4.79 Å². The van der Waals surface area contributed by atoms with Crippen molar-refractivity contribution in [3.8, 4) is 16.3 Å². The van der Waals surface area contributed by atoms with Crippen molar-refractivity contribution in [2.75, 3.05) is 31.1 Å². The molecule has 1 amide bonds. The van der Waals surface area contributed by atoms with E-state index in [1.54, 1.807) is 27.4 Å². The van der Waals surface area contributed by atoms with Gasteiger partial charge < -0.3 is 9.80 Å². The molecule has 0 bridgehead atoms. The fourth-order valence-corrected chi connectivity index (χ4v) is 4.90. The number of benzene rings is 1. The van der Waals surface area contributed by atoms with E-state index < -0.39 is 0 Å². The van der Waals surface area contributed by atoms with Crippen LogP contribution in [0.4, 0.5) is 5.13 Å². The first kappa shape index (κ1) is 18.1. The lowest BCUT2D eigenvalue weighted by molar-refractivity contribution is 0.0747. The average Bonchev–Trinajstić information content (AvgIpc) is 3.55. The molecule has 29 heavy (non-hydrogen) atoms. The Hall–Kier alpha value is -2.97. The van der Waals surface area contributed by atoms with E-state index in [1.807, 2.05) is 70.5 Å². The van der Waals surface area contributed by atoms with Crippen LogP contribution in [0.2, 0.25) is 0 Å². The lowest BCUT2D eigenvalue weighted by Gasteiger charge is -2.34. The number of hydrogen-bond acceptors (Lipinski definition) is 6. The highest BCUT2D eigenvalue weighted by Crippen LogP contribution is 2.29. The van der Waals surface area contributed by atoms with Crippen LogP contribution in [0.5, 0.6) is 0 Å². The number of amides is 1. The summed E-state index contributed by atoms with van der Waals surface area (Å²) in [4.78, 5) is 22.9. The summed E-state index contributed by atoms with van der Waals surface area (Å²) < 4.78 is 1.80. The number of para-hydroxylation sites is 1. The minimum absolute atomic E-state index is 0.0365. The number of rotatable bonds is 4. The fourth-order valence-electron chi connectivity index (χ4n) is 3.48. The van der Waals surface area contributed by atoms with E-state index in [0.29, 0.717) is 18.7 Å². The molecule has 3 aromatic heterocycles. The highest BCUT2D eigenvalue weighted by atomic mass is 32.1. The van der Waals surface area contributed by atoms with Gasteiger partial charge in [0.05, 0.1) is 16.1 Å². The fraction of sp³-hybridized carbons (Fsp3) is 0.190. The average molecular weight is 422 g/mol. The molecule has 1 fully saturated rings. The molecule has 1 aromatic carbocycles. The van der Waals surface area contributed by atoms with Gasteiger partial charge in [0, 0.05) is 44.0 Å². The SMILES string of the molecule is O=C(c1cn(-c2ccccc2)nc1-c1cccs1)N1CCN(c2nccs2)CC1. The van der Waals surface area contributed by atoms with Crippen molar-refractivity contribution in [1.29, 1.82) is 0 Å². The van der Waals surface area contributed by atoms with Gasteiger partial charge in [0.25, 0.3) is 5.91 Å². The molecule has 0 aliphatic carbocycles. The Morgan fingerprint density at radius 2 is 1.76 bits per heavy atom. The quantitative estimate of drug-likeness (QED) is 0.499. The number of hydrogen-bond donors (Lipinski definition) is 0. The number of thiazole rings is 1. The Balaban J connectivity index is 1.42. The summed E-state index contributed by atoms with van der Waals surface area (Å²) >= 11 is 3.24. The number of carbonyl (C=O) groups excluding carboxylic acids is 1. The Labute approximate surface area is 176 Å². The van der Waals surface area contributed by atoms with Gasteiger partial charge in [-0.3, -0.25) is 4.79 Å². The van der Waals surface area contributed by atoms with Crippen molar-refractivity contribution in [2.45, 2.75) is 0 Å². The molecule has 5 rings (SSSR count). The van der Waals surface area contributed by atoms with Gasteiger partial charge in [-0.15, -0.1) is 22.7 Å². The largest absolute Gasteiger partial charge is 0.345 e. The maximum atomic E-state index is 13.4. The van der Waals surface area contributed by atoms with Gasteiger partial charge in [-0.2, -0.15) is 5.10 Å². The van der Waals surface area contributed by atoms with E-state index in [9.17, 15) is 4.79 Å². The van der Waals surface area contributed by atoms with E-state index in [-0.39, 0.29) is 5.91 Å². The van der Waals surface area contributed by atoms with Gasteiger partial charge >= 0.3 is 0 Å². The molecule has 1 aliphatic rings. The standard InChI is InChI=1S/C21H19N5OS2/c27-20(24-9-11-25(12-10-24)21-22-8-14-29-21)17-15-26(16-5-2-1-3-6-16)23-19(17)18-7-4-13-28-18/h1-8,13-15H,9-12H2. The predicted octanol–water partition coefficient (Wildman–Crippen LogP) is 4.02. The van der Waals surface area contributed by atoms with Crippen LogP contribution in [0.3, 0.4) is 0 Å². The van der Waals surface area contributed by atoms with Crippen molar-refractivity contribution in [2.24, 2.45) is 0 Å². The summed E-state index contributed by atoms with van der Waals surface area (Å²) in [6.07, 6.45) is 3.68. The molecule has 1 aliphatic heterocycles. The van der Waals surface area contributed by atoms with Gasteiger partial charge in [0.15, 0.2) is 5.13 Å². The van der Waals surface area contributed by atoms with Crippen LogP contribution in [-0.2, 0) is 0 Å². The first-order chi connectivity index (χ1) is 14.3. The Kier molecular flexibility index (Phi) is 4.87. The second kappa shape index (κ2) is 7.81. The molecule has 1 saturated heterocycles. The predicted molar refractivity (Wildman–Crippen MR) is 117 cm³/mol. The van der Waals surface area contributed by atoms with E-state index in [2.05, 4.69) is 9.88 Å². The minimum Gasteiger partial charge on any atom is -0.345 e. The van der Waals surface area contributed by atoms with E-state index in [1.165, 1.54) is 0 Å². The normalized spacial score (nSPS) is 14.3. The minimum atomic E-state index is 0.0365. The molecule has 0 spiro atoms. The summed E-state index contributed by atoms with van der Waals surface area (Å²) in [5.74, 6) is 0.0365. The number of anilines is 1. The van der Waals surface area contributed by atoms with Gasteiger partial charge in [0.1, 0.15) is 5.69 Å². The van der Waals surface area contributed by atoms with E-state index in [0.717, 1.165) is 34.5 Å². The maximum absolute atomic E-state index is 13.4. The van der Waals surface area contributed by atoms with Crippen LogP contribution in [0.25, 0.3) is 16.3 Å². The van der Waals surface area contributed by atoms with Crippen LogP contribution in [0.15, 0.2) is 65.6 Å². The summed E-state index contributed by atoms with van der Waals surface area (Å²) in [7, 11) is 0. The first-order valence-corrected chi connectivity index (χ1v) is 11.2. The summed E-state index contributed by atoms with van der Waals surface area (Å²) in [5.41, 5.74) is 2.34. The highest BCUT2D eigenvalue weighted by molar-refractivity contribution is 7.13. The second-order valence-corrected chi connectivity index (χ2v) is 8.56. The van der Waals surface area contributed by atoms with Crippen LogP contribution < -0.4 is 4.90 Å². The zero-order valence-electron chi connectivity index (χ0n) is 15.6. The highest BCUT2D eigenvalue weighted by Gasteiger charge is 2.27. The molecule has 0 unspecified atom stereocenters. The number of piperazine rings is 1. The molecule has 0 saturated carbocycles. The number of aromatic nitrogens is 3. The van der Waals surface area contributed by atoms with Crippen LogP contribution in [-0.4, -0.2) is 51.8 Å². The molecular weight excluding hydrogens is 402 g/mol. The van der Waals surface area contributed by atoms with E-state index in [4.69, 9.17) is 5.10 Å². The van der Waals surface area contributed by atoms with Crippen molar-refractivity contribution in [1.82, 2.24) is 19.7 Å². The Morgan fingerprint density at radius 1 is 0.931 bits per heavy atom. The zero-order chi connectivity index (χ0) is 19.6. The summed E-state index contributed by atoms with van der Waals surface area (Å²) in [6, 6.07) is 13.9. The number of thiophene rings is 1. The van der Waals surface area contributed by atoms with Crippen LogP contribution >= 0.6 is 22.7 Å². The smallest absolute Gasteiger partial charge is 0.257 e. The zero-order valence-corrected chi connectivity index (χ0v) is 17.3. The molecular formula is C21H19N5OS2. The molecule has 4 heterocycles. The first-order valence-electron chi connectivity index (χ1n) is 9.42. The number of nitrogens with zero attached hydrogens (tertiary/aromatic N) is 5. The topological polar surface area (TPSA) is 54.3 Å². The molecule has 0 radical (unpaired) electrons. The summed E-state index contributed by atoms with van der Waals surface area (Å²) in [6.45, 7) is 2.94. The van der Waals surface area contributed by atoms with Gasteiger partial charge in [-0.1, -0.05) is 24.3 Å². The van der Waals surface area contributed by atoms with E-state index >= 15 is 0 Å². The molecule has 6 nitrogen and oxygen atoms in total. The third-order valence-corrected chi connectivity index (χ3v) is 6.69. The lowest BCUT2D eigenvalue weighted by atomic mass is 10.1. The molecule has 0 atom stereocenters. The lowest BCUT2D eigenvalue weighted by Crippen LogP contribution is -2.48. The third kappa shape index (κ3) is 3.56. The maximum Gasteiger partial charge on any atom is 0.257 e. The van der Waals surface area contributed by atoms with Gasteiger partial charge in [-0.05, 0) is 23.6 Å². The molecule has 4 aromatic rings. The molecule has 8 heteroatoms. The van der Waals surface area contributed by atoms with Crippen LogP contribution in [0.1, 0.15) is 10.4 Å². The second-order valence-electron chi connectivity index (χ2n) is 6.74. The van der Waals surface area contributed by atoms with Crippen molar-refractivity contribution in [3.63, 3.8) is 0 Å². The van der Waals surface area contributed by atoms with Crippen molar-refractivity contribution >= 4 is 33.7 Å². The third-order valence-electron chi connectivity index (χ3n) is 4.98. The van der Waals surface area contributed by atoms with Crippen molar-refractivity contribution in [3.05, 3.63) is 71.2 Å². The summed E-state index contributed by atoms with van der Waals surface area (Å²) in [5, 5.41) is 9.77. The number of carbonyl (C=O) groups is 1.